The number of benzene rings is 1. The highest BCUT2D eigenvalue weighted by Crippen LogP contribution is 2.49. The molecule has 1 N–H and O–H groups in total. The van der Waals surface area contributed by atoms with E-state index in [0.717, 1.165) is 18.9 Å². The summed E-state index contributed by atoms with van der Waals surface area (Å²) in [5.41, 5.74) is 0.890. The van der Waals surface area contributed by atoms with Crippen LogP contribution in [-0.4, -0.2) is 11.0 Å². The molecule has 0 heterocycles. The molecule has 0 aromatic heterocycles. The second kappa shape index (κ2) is 5.62. The second-order valence-electron chi connectivity index (χ2n) is 6.58. The van der Waals surface area contributed by atoms with Gasteiger partial charge in [-0.15, -0.1) is 0 Å². The third kappa shape index (κ3) is 3.17. The molecule has 3 rings (SSSR count). The van der Waals surface area contributed by atoms with Crippen molar-refractivity contribution >= 4 is 11.4 Å². The Morgan fingerprint density at radius 1 is 1.14 bits per heavy atom. The Kier molecular flexibility index (Phi) is 3.83. The third-order valence-electron chi connectivity index (χ3n) is 5.17. The van der Waals surface area contributed by atoms with Crippen LogP contribution < -0.4 is 5.32 Å². The van der Waals surface area contributed by atoms with Gasteiger partial charge >= 0.3 is 0 Å². The predicted molar refractivity (Wildman–Crippen MR) is 79.8 cm³/mol. The molecule has 0 amide bonds. The molecule has 0 unspecified atom stereocenters. The highest BCUT2D eigenvalue weighted by Gasteiger charge is 2.37. The SMILES string of the molecule is O=[N+]([O-])c1cc(F)cc(NC2CCC3(CCCC3)CC2)c1. The first-order valence-electron chi connectivity index (χ1n) is 7.78. The van der Waals surface area contributed by atoms with Gasteiger partial charge in [0, 0.05) is 17.8 Å². The maximum atomic E-state index is 13.4. The van der Waals surface area contributed by atoms with Crippen molar-refractivity contribution in [3.05, 3.63) is 34.1 Å². The monoisotopic (exact) mass is 292 g/mol. The van der Waals surface area contributed by atoms with E-state index in [1.165, 1.54) is 50.7 Å². The molecule has 2 aliphatic rings. The van der Waals surface area contributed by atoms with Gasteiger partial charge < -0.3 is 5.32 Å². The molecule has 1 aromatic carbocycles. The summed E-state index contributed by atoms with van der Waals surface area (Å²) in [5.74, 6) is -0.560. The number of nitrogens with one attached hydrogen (secondary N) is 1. The van der Waals surface area contributed by atoms with E-state index in [4.69, 9.17) is 0 Å². The molecule has 2 aliphatic carbocycles. The van der Waals surface area contributed by atoms with Gasteiger partial charge in [0.25, 0.3) is 5.69 Å². The minimum absolute atomic E-state index is 0.194. The van der Waals surface area contributed by atoms with Crippen molar-refractivity contribution < 1.29 is 9.31 Å². The fourth-order valence-electron chi connectivity index (χ4n) is 4.00. The fraction of sp³-hybridized carbons (Fsp3) is 0.625. The normalized spacial score (nSPS) is 21.6. The number of hydrogen-bond acceptors (Lipinski definition) is 3. The van der Waals surface area contributed by atoms with Gasteiger partial charge in [0.05, 0.1) is 11.0 Å². The minimum atomic E-state index is -0.560. The Bertz CT molecular complexity index is 531. The lowest BCUT2D eigenvalue weighted by molar-refractivity contribution is -0.385. The van der Waals surface area contributed by atoms with Crippen molar-refractivity contribution in [1.29, 1.82) is 0 Å². The van der Waals surface area contributed by atoms with Crippen LogP contribution in [0.5, 0.6) is 0 Å². The molecule has 0 atom stereocenters. The maximum Gasteiger partial charge on any atom is 0.274 e. The van der Waals surface area contributed by atoms with E-state index >= 15 is 0 Å². The van der Waals surface area contributed by atoms with E-state index in [9.17, 15) is 14.5 Å². The summed E-state index contributed by atoms with van der Waals surface area (Å²) >= 11 is 0. The number of nitro groups is 1. The van der Waals surface area contributed by atoms with Crippen LogP contribution in [0.4, 0.5) is 15.8 Å². The largest absolute Gasteiger partial charge is 0.382 e. The van der Waals surface area contributed by atoms with E-state index in [1.807, 2.05) is 0 Å². The zero-order valence-corrected chi connectivity index (χ0v) is 12.1. The Labute approximate surface area is 123 Å². The van der Waals surface area contributed by atoms with Crippen molar-refractivity contribution in [3.63, 3.8) is 0 Å². The molecule has 0 aliphatic heterocycles. The molecule has 21 heavy (non-hydrogen) atoms. The van der Waals surface area contributed by atoms with Crippen LogP contribution in [0.3, 0.4) is 0 Å². The summed E-state index contributed by atoms with van der Waals surface area (Å²) < 4.78 is 13.4. The molecule has 0 bridgehead atoms. The fourth-order valence-corrected chi connectivity index (χ4v) is 4.00. The van der Waals surface area contributed by atoms with Gasteiger partial charge in [0.15, 0.2) is 0 Å². The molecule has 2 saturated carbocycles. The average molecular weight is 292 g/mol. The quantitative estimate of drug-likeness (QED) is 0.651. The topological polar surface area (TPSA) is 55.2 Å². The van der Waals surface area contributed by atoms with Crippen molar-refractivity contribution in [1.82, 2.24) is 0 Å². The number of hydrogen-bond donors (Lipinski definition) is 1. The summed E-state index contributed by atoms with van der Waals surface area (Å²) in [6, 6.07) is 4.02. The third-order valence-corrected chi connectivity index (χ3v) is 5.17. The molecular formula is C16H21FN2O2. The molecule has 5 heteroatoms. The first-order valence-corrected chi connectivity index (χ1v) is 7.78. The molecule has 2 fully saturated rings. The van der Waals surface area contributed by atoms with E-state index < -0.39 is 10.7 Å². The van der Waals surface area contributed by atoms with Crippen LogP contribution in [0.1, 0.15) is 51.4 Å². The number of anilines is 1. The lowest BCUT2D eigenvalue weighted by Crippen LogP contribution is -2.31. The van der Waals surface area contributed by atoms with Crippen LogP contribution >= 0.6 is 0 Å². The average Bonchev–Trinajstić information content (AvgIpc) is 2.89. The van der Waals surface area contributed by atoms with Crippen molar-refractivity contribution in [2.45, 2.75) is 57.4 Å². The Morgan fingerprint density at radius 3 is 2.43 bits per heavy atom. The van der Waals surface area contributed by atoms with Crippen molar-refractivity contribution in [2.24, 2.45) is 5.41 Å². The smallest absolute Gasteiger partial charge is 0.274 e. The number of nitrogens with zero attached hydrogens (tertiary/aromatic N) is 1. The number of halogens is 1. The second-order valence-corrected chi connectivity index (χ2v) is 6.58. The van der Waals surface area contributed by atoms with Gasteiger partial charge in [-0.2, -0.15) is 0 Å². The summed E-state index contributed by atoms with van der Waals surface area (Å²) in [5, 5.41) is 14.1. The van der Waals surface area contributed by atoms with Gasteiger partial charge in [-0.25, -0.2) is 4.39 Å². The zero-order chi connectivity index (χ0) is 14.9. The molecule has 1 aromatic rings. The summed E-state index contributed by atoms with van der Waals surface area (Å²) in [4.78, 5) is 10.2. The molecule has 114 valence electrons. The van der Waals surface area contributed by atoms with E-state index in [2.05, 4.69) is 5.32 Å². The standard InChI is InChI=1S/C16H21FN2O2/c17-12-9-14(11-15(10-12)19(20)21)18-13-3-7-16(8-4-13)5-1-2-6-16/h9-11,13,18H,1-8H2. The zero-order valence-electron chi connectivity index (χ0n) is 12.1. The summed E-state index contributed by atoms with van der Waals surface area (Å²) in [6.07, 6.45) is 10.0. The highest BCUT2D eigenvalue weighted by atomic mass is 19.1. The summed E-state index contributed by atoms with van der Waals surface area (Å²) in [6.45, 7) is 0. The summed E-state index contributed by atoms with van der Waals surface area (Å²) in [7, 11) is 0. The molecular weight excluding hydrogens is 271 g/mol. The Morgan fingerprint density at radius 2 is 1.81 bits per heavy atom. The van der Waals surface area contributed by atoms with Gasteiger partial charge in [-0.1, -0.05) is 12.8 Å². The van der Waals surface area contributed by atoms with Crippen LogP contribution in [0, 0.1) is 21.3 Å². The molecule has 0 radical (unpaired) electrons. The van der Waals surface area contributed by atoms with E-state index in [1.54, 1.807) is 0 Å². The van der Waals surface area contributed by atoms with Gasteiger partial charge in [-0.3, -0.25) is 10.1 Å². The van der Waals surface area contributed by atoms with Crippen LogP contribution in [0.2, 0.25) is 0 Å². The van der Waals surface area contributed by atoms with Crippen LogP contribution in [-0.2, 0) is 0 Å². The number of non-ortho nitro benzene ring substituents is 1. The van der Waals surface area contributed by atoms with E-state index in [0.29, 0.717) is 17.1 Å². The lowest BCUT2D eigenvalue weighted by atomic mass is 9.71. The highest BCUT2D eigenvalue weighted by molar-refractivity contribution is 5.52. The number of nitro benzene ring substituents is 1. The minimum Gasteiger partial charge on any atom is -0.382 e. The van der Waals surface area contributed by atoms with Gasteiger partial charge in [0.1, 0.15) is 5.82 Å². The van der Waals surface area contributed by atoms with Crippen LogP contribution in [0.15, 0.2) is 18.2 Å². The first kappa shape index (κ1) is 14.3. The lowest BCUT2D eigenvalue weighted by Gasteiger charge is -2.37. The Balaban J connectivity index is 1.64. The van der Waals surface area contributed by atoms with Crippen LogP contribution in [0.25, 0.3) is 0 Å². The van der Waals surface area contributed by atoms with Gasteiger partial charge in [0.2, 0.25) is 0 Å². The molecule has 0 saturated heterocycles. The number of rotatable bonds is 3. The van der Waals surface area contributed by atoms with Crippen molar-refractivity contribution in [2.75, 3.05) is 5.32 Å². The maximum absolute atomic E-state index is 13.4. The van der Waals surface area contributed by atoms with Gasteiger partial charge in [-0.05, 0) is 50.0 Å². The predicted octanol–water partition coefficient (Wildman–Crippen LogP) is 4.65. The van der Waals surface area contributed by atoms with Crippen molar-refractivity contribution in [3.8, 4) is 0 Å². The van der Waals surface area contributed by atoms with E-state index in [-0.39, 0.29) is 5.69 Å². The Hall–Kier alpha value is -1.65. The first-order chi connectivity index (χ1) is 10.1. The molecule has 1 spiro atoms. The molecule has 4 nitrogen and oxygen atoms in total.